The molecule has 0 aliphatic carbocycles. The fourth-order valence-electron chi connectivity index (χ4n) is 2.43. The van der Waals surface area contributed by atoms with Gasteiger partial charge < -0.3 is 10.5 Å². The third-order valence-electron chi connectivity index (χ3n) is 3.53. The summed E-state index contributed by atoms with van der Waals surface area (Å²) in [5, 5.41) is 0. The van der Waals surface area contributed by atoms with Gasteiger partial charge in [0.25, 0.3) is 0 Å². The zero-order chi connectivity index (χ0) is 15.5. The van der Waals surface area contributed by atoms with Crippen molar-refractivity contribution < 1.29 is 17.5 Å². The monoisotopic (exact) mass is 316 g/mol. The zero-order valence-corrected chi connectivity index (χ0v) is 12.9. The molecule has 7 heteroatoms. The zero-order valence-electron chi connectivity index (χ0n) is 12.1. The van der Waals surface area contributed by atoms with Crippen molar-refractivity contribution in [3.8, 4) is 0 Å². The molecule has 1 aliphatic rings. The average molecular weight is 316 g/mol. The summed E-state index contributed by atoms with van der Waals surface area (Å²) >= 11 is 0. The Balaban J connectivity index is 2.21. The molecular formula is C14H21FN2O3S. The van der Waals surface area contributed by atoms with Gasteiger partial charge >= 0.3 is 0 Å². The summed E-state index contributed by atoms with van der Waals surface area (Å²) in [4.78, 5) is -0.168. The van der Waals surface area contributed by atoms with Crippen LogP contribution in [-0.2, 0) is 14.8 Å². The van der Waals surface area contributed by atoms with Crippen molar-refractivity contribution in [1.82, 2.24) is 4.31 Å². The quantitative estimate of drug-likeness (QED) is 0.843. The number of hydrogen-bond donors (Lipinski definition) is 1. The minimum absolute atomic E-state index is 0.108. The van der Waals surface area contributed by atoms with Gasteiger partial charge in [0.1, 0.15) is 10.7 Å². The lowest BCUT2D eigenvalue weighted by molar-refractivity contribution is 0.0193. The lowest BCUT2D eigenvalue weighted by Crippen LogP contribution is -2.43. The van der Waals surface area contributed by atoms with Gasteiger partial charge in [0.15, 0.2) is 0 Å². The van der Waals surface area contributed by atoms with E-state index in [0.717, 1.165) is 25.3 Å². The first kappa shape index (κ1) is 16.2. The Kier molecular flexibility index (Phi) is 5.18. The SMILES string of the molecule is CCCOC1CCCN(S(=O)(=O)c2cccc(F)c2N)C1. The Labute approximate surface area is 124 Å². The molecule has 0 bridgehead atoms. The van der Waals surface area contributed by atoms with E-state index in [4.69, 9.17) is 10.5 Å². The molecule has 1 heterocycles. The predicted molar refractivity (Wildman–Crippen MR) is 78.8 cm³/mol. The molecule has 1 unspecified atom stereocenters. The molecule has 1 aliphatic heterocycles. The number of sulfonamides is 1. The fraction of sp³-hybridized carbons (Fsp3) is 0.571. The molecule has 1 atom stereocenters. The number of nitrogen functional groups attached to an aromatic ring is 1. The van der Waals surface area contributed by atoms with Crippen LogP contribution in [0.2, 0.25) is 0 Å². The highest BCUT2D eigenvalue weighted by molar-refractivity contribution is 7.89. The second-order valence-electron chi connectivity index (χ2n) is 5.15. The van der Waals surface area contributed by atoms with Crippen molar-refractivity contribution in [2.75, 3.05) is 25.4 Å². The highest BCUT2D eigenvalue weighted by Gasteiger charge is 2.32. The maximum Gasteiger partial charge on any atom is 0.245 e. The van der Waals surface area contributed by atoms with Gasteiger partial charge in [-0.25, -0.2) is 12.8 Å². The minimum atomic E-state index is -3.78. The summed E-state index contributed by atoms with van der Waals surface area (Å²) in [5.41, 5.74) is 5.25. The number of piperidine rings is 1. The molecule has 0 radical (unpaired) electrons. The molecule has 1 aromatic carbocycles. The van der Waals surface area contributed by atoms with Crippen LogP contribution in [0.1, 0.15) is 26.2 Å². The van der Waals surface area contributed by atoms with E-state index in [1.165, 1.54) is 16.4 Å². The number of nitrogens with zero attached hydrogens (tertiary/aromatic N) is 1. The lowest BCUT2D eigenvalue weighted by Gasteiger charge is -2.32. The second kappa shape index (κ2) is 6.72. The molecule has 1 fully saturated rings. The van der Waals surface area contributed by atoms with Gasteiger partial charge in [0.2, 0.25) is 10.0 Å². The Hall–Kier alpha value is -1.18. The van der Waals surface area contributed by atoms with Gasteiger partial charge in [-0.05, 0) is 31.4 Å². The standard InChI is InChI=1S/C14H21FN2O3S/c1-2-9-20-11-5-4-8-17(10-11)21(18,19)13-7-3-6-12(15)14(13)16/h3,6-7,11H,2,4-5,8-10,16H2,1H3. The van der Waals surface area contributed by atoms with E-state index in [0.29, 0.717) is 13.2 Å². The first-order chi connectivity index (χ1) is 9.96. The maximum atomic E-state index is 13.5. The third-order valence-corrected chi connectivity index (χ3v) is 5.45. The molecule has 5 nitrogen and oxygen atoms in total. The second-order valence-corrected chi connectivity index (χ2v) is 7.06. The van der Waals surface area contributed by atoms with Crippen LogP contribution in [0.15, 0.2) is 23.1 Å². The van der Waals surface area contributed by atoms with Crippen molar-refractivity contribution in [2.45, 2.75) is 37.2 Å². The minimum Gasteiger partial charge on any atom is -0.395 e. The molecule has 0 spiro atoms. The first-order valence-electron chi connectivity index (χ1n) is 7.12. The van der Waals surface area contributed by atoms with Crippen LogP contribution in [-0.4, -0.2) is 38.5 Å². The number of ether oxygens (including phenoxy) is 1. The van der Waals surface area contributed by atoms with Crippen LogP contribution in [0.4, 0.5) is 10.1 Å². The van der Waals surface area contributed by atoms with E-state index < -0.39 is 15.8 Å². The number of hydrogen-bond acceptors (Lipinski definition) is 4. The predicted octanol–water partition coefficient (Wildman–Crippen LogP) is 1.99. The molecular weight excluding hydrogens is 295 g/mol. The maximum absolute atomic E-state index is 13.5. The van der Waals surface area contributed by atoms with Crippen molar-refractivity contribution in [3.63, 3.8) is 0 Å². The van der Waals surface area contributed by atoms with Crippen LogP contribution in [0.5, 0.6) is 0 Å². The third kappa shape index (κ3) is 3.53. The smallest absolute Gasteiger partial charge is 0.245 e. The van der Waals surface area contributed by atoms with Crippen molar-refractivity contribution >= 4 is 15.7 Å². The molecule has 0 saturated carbocycles. The van der Waals surface area contributed by atoms with Crippen molar-refractivity contribution in [3.05, 3.63) is 24.0 Å². The van der Waals surface area contributed by atoms with E-state index >= 15 is 0 Å². The van der Waals surface area contributed by atoms with E-state index in [2.05, 4.69) is 0 Å². The summed E-state index contributed by atoms with van der Waals surface area (Å²) in [6, 6.07) is 3.84. The van der Waals surface area contributed by atoms with E-state index in [1.807, 2.05) is 6.92 Å². The van der Waals surface area contributed by atoms with Crippen molar-refractivity contribution in [1.29, 1.82) is 0 Å². The highest BCUT2D eigenvalue weighted by atomic mass is 32.2. The number of halogens is 1. The molecule has 2 N–H and O–H groups in total. The Morgan fingerprint density at radius 3 is 2.95 bits per heavy atom. The largest absolute Gasteiger partial charge is 0.395 e. The molecule has 1 saturated heterocycles. The molecule has 0 amide bonds. The van der Waals surface area contributed by atoms with Gasteiger partial charge in [-0.15, -0.1) is 0 Å². The van der Waals surface area contributed by atoms with Crippen molar-refractivity contribution in [2.24, 2.45) is 0 Å². The number of anilines is 1. The Bertz CT molecular complexity index is 592. The van der Waals surface area contributed by atoms with Gasteiger partial charge in [-0.3, -0.25) is 0 Å². The van der Waals surface area contributed by atoms with Crippen LogP contribution in [0.25, 0.3) is 0 Å². The molecule has 0 aromatic heterocycles. The fourth-order valence-corrected chi connectivity index (χ4v) is 4.06. The molecule has 1 aromatic rings. The number of para-hydroxylation sites is 1. The van der Waals surface area contributed by atoms with Crippen LogP contribution in [0.3, 0.4) is 0 Å². The number of nitrogens with two attached hydrogens (primary N) is 1. The first-order valence-corrected chi connectivity index (χ1v) is 8.56. The average Bonchev–Trinajstić information content (AvgIpc) is 2.48. The Morgan fingerprint density at radius 1 is 1.48 bits per heavy atom. The van der Waals surface area contributed by atoms with Gasteiger partial charge in [-0.1, -0.05) is 13.0 Å². The van der Waals surface area contributed by atoms with Gasteiger partial charge in [0, 0.05) is 19.7 Å². The summed E-state index contributed by atoms with van der Waals surface area (Å²) in [6.07, 6.45) is 2.34. The van der Waals surface area contributed by atoms with Crippen LogP contribution in [0, 0.1) is 5.82 Å². The van der Waals surface area contributed by atoms with E-state index in [9.17, 15) is 12.8 Å². The van der Waals surface area contributed by atoms with E-state index in [1.54, 1.807) is 0 Å². The molecule has 118 valence electrons. The van der Waals surface area contributed by atoms with Crippen LogP contribution >= 0.6 is 0 Å². The lowest BCUT2D eigenvalue weighted by atomic mass is 10.1. The van der Waals surface area contributed by atoms with Gasteiger partial charge in [-0.2, -0.15) is 4.31 Å². The van der Waals surface area contributed by atoms with Crippen LogP contribution < -0.4 is 5.73 Å². The van der Waals surface area contributed by atoms with E-state index in [-0.39, 0.29) is 23.2 Å². The Morgan fingerprint density at radius 2 is 2.24 bits per heavy atom. The molecule has 21 heavy (non-hydrogen) atoms. The highest BCUT2D eigenvalue weighted by Crippen LogP contribution is 2.27. The summed E-state index contributed by atoms with van der Waals surface area (Å²) in [5.74, 6) is -0.716. The topological polar surface area (TPSA) is 72.6 Å². The summed E-state index contributed by atoms with van der Waals surface area (Å²) in [6.45, 7) is 3.31. The van der Waals surface area contributed by atoms with Gasteiger partial charge in [0.05, 0.1) is 11.8 Å². The summed E-state index contributed by atoms with van der Waals surface area (Å²) in [7, 11) is -3.78. The number of benzene rings is 1. The summed E-state index contributed by atoms with van der Waals surface area (Å²) < 4.78 is 45.7. The molecule has 2 rings (SSSR count). The number of rotatable bonds is 5. The normalized spacial score (nSPS) is 20.6.